The molecule has 4 rings (SSSR count). The van der Waals surface area contributed by atoms with Gasteiger partial charge in [-0.3, -0.25) is 0 Å². The van der Waals surface area contributed by atoms with Gasteiger partial charge in [-0.1, -0.05) is 104 Å². The molecule has 0 amide bonds. The van der Waals surface area contributed by atoms with Crippen LogP contribution in [0, 0.1) is 0 Å². The van der Waals surface area contributed by atoms with Crippen LogP contribution in [0.2, 0.25) is 0 Å². The van der Waals surface area contributed by atoms with Crippen LogP contribution in [0.3, 0.4) is 0 Å². The summed E-state index contributed by atoms with van der Waals surface area (Å²) in [7, 11) is 0. The third kappa shape index (κ3) is 2.54. The Kier molecular flexibility index (Phi) is 4.63. The molecule has 0 N–H and O–H groups in total. The van der Waals surface area contributed by atoms with Gasteiger partial charge in [-0.25, -0.2) is 0 Å². The zero-order valence-electron chi connectivity index (χ0n) is 15.4. The summed E-state index contributed by atoms with van der Waals surface area (Å²) < 4.78 is 0. The molecule has 0 nitrogen and oxygen atoms in total. The molecular formula is C26H22S. The van der Waals surface area contributed by atoms with Crippen molar-refractivity contribution in [3.8, 4) is 0 Å². The fourth-order valence-corrected chi connectivity index (χ4v) is 4.65. The zero-order chi connectivity index (χ0) is 18.9. The number of fused-ring (bicyclic) bond motifs is 1. The quantitative estimate of drug-likeness (QED) is 0.484. The lowest BCUT2D eigenvalue weighted by molar-refractivity contribution is 0.767. The fourth-order valence-electron chi connectivity index (χ4n) is 4.41. The molecule has 3 aromatic carbocycles. The average Bonchev–Trinajstić information content (AvgIpc) is 3.05. The molecule has 0 bridgehead atoms. The highest BCUT2D eigenvalue weighted by molar-refractivity contribution is 7.85. The van der Waals surface area contributed by atoms with E-state index in [2.05, 4.69) is 105 Å². The van der Waals surface area contributed by atoms with Gasteiger partial charge in [0.05, 0.1) is 5.41 Å². The van der Waals surface area contributed by atoms with Crippen molar-refractivity contribution >= 4 is 18.2 Å². The Morgan fingerprint density at radius 1 is 0.815 bits per heavy atom. The van der Waals surface area contributed by atoms with Crippen LogP contribution < -0.4 is 0 Å². The normalized spacial score (nSPS) is 18.2. The van der Waals surface area contributed by atoms with Crippen LogP contribution in [0.1, 0.15) is 29.2 Å². The summed E-state index contributed by atoms with van der Waals surface area (Å²) in [5, 5.41) is 0. The summed E-state index contributed by atoms with van der Waals surface area (Å²) in [5.41, 5.74) is 7.10. The third-order valence-electron chi connectivity index (χ3n) is 5.43. The van der Waals surface area contributed by atoms with Gasteiger partial charge in [0.25, 0.3) is 0 Å². The zero-order valence-corrected chi connectivity index (χ0v) is 16.3. The van der Waals surface area contributed by atoms with Gasteiger partial charge in [0.1, 0.15) is 0 Å². The van der Waals surface area contributed by atoms with Crippen molar-refractivity contribution in [1.29, 1.82) is 0 Å². The molecule has 0 heterocycles. The van der Waals surface area contributed by atoms with Crippen LogP contribution in [0.25, 0.3) is 5.57 Å². The van der Waals surface area contributed by atoms with Crippen LogP contribution in [-0.4, -0.2) is 0 Å². The van der Waals surface area contributed by atoms with Crippen molar-refractivity contribution in [3.05, 3.63) is 136 Å². The highest BCUT2D eigenvalue weighted by Gasteiger charge is 2.48. The summed E-state index contributed by atoms with van der Waals surface area (Å²) in [6.45, 7) is 6.10. The molecule has 27 heavy (non-hydrogen) atoms. The van der Waals surface area contributed by atoms with E-state index in [4.69, 9.17) is 12.6 Å². The number of benzene rings is 3. The van der Waals surface area contributed by atoms with E-state index in [0.717, 1.165) is 4.91 Å². The standard InChI is InChI=1S/C26H22S/c1-3-22-25(24(27)4-2)21-17-11-12-18-23(21)26(22,19-13-7-5-8-14-19)20-15-9-6-10-16-20/h3-18,27H,2H2,1H3/b22-3+,25-24?. The van der Waals surface area contributed by atoms with Crippen molar-refractivity contribution in [2.75, 3.05) is 0 Å². The molecule has 132 valence electrons. The number of hydrogen-bond donors (Lipinski definition) is 1. The SMILES string of the molecule is C=CC(S)=C1/C(=C\C)C(c2ccccc2)(c2ccccc2)c2ccccc21. The van der Waals surface area contributed by atoms with E-state index in [1.165, 1.54) is 33.4 Å². The van der Waals surface area contributed by atoms with Crippen LogP contribution in [-0.2, 0) is 5.41 Å². The lowest BCUT2D eigenvalue weighted by atomic mass is 9.67. The molecule has 1 aliphatic rings. The Labute approximate surface area is 167 Å². The number of allylic oxidation sites excluding steroid dienone is 4. The molecule has 1 aliphatic carbocycles. The molecule has 0 aliphatic heterocycles. The summed E-state index contributed by atoms with van der Waals surface area (Å²) >= 11 is 4.79. The highest BCUT2D eigenvalue weighted by Crippen LogP contribution is 2.58. The van der Waals surface area contributed by atoms with E-state index in [1.54, 1.807) is 0 Å². The molecule has 0 spiro atoms. The van der Waals surface area contributed by atoms with E-state index in [-0.39, 0.29) is 5.41 Å². The average molecular weight is 367 g/mol. The number of rotatable bonds is 3. The lowest BCUT2D eigenvalue weighted by Gasteiger charge is -2.34. The molecule has 1 heteroatoms. The second-order valence-corrected chi connectivity index (χ2v) is 7.18. The first kappa shape index (κ1) is 17.6. The van der Waals surface area contributed by atoms with Gasteiger partial charge in [0.2, 0.25) is 0 Å². The van der Waals surface area contributed by atoms with E-state index >= 15 is 0 Å². The van der Waals surface area contributed by atoms with Crippen LogP contribution in [0.5, 0.6) is 0 Å². The highest BCUT2D eigenvalue weighted by atomic mass is 32.1. The van der Waals surface area contributed by atoms with Gasteiger partial charge in [-0.05, 0) is 40.3 Å². The first-order valence-corrected chi connectivity index (χ1v) is 9.63. The summed E-state index contributed by atoms with van der Waals surface area (Å²) in [6.07, 6.45) is 4.07. The summed E-state index contributed by atoms with van der Waals surface area (Å²) in [5.74, 6) is 0. The van der Waals surface area contributed by atoms with Crippen LogP contribution >= 0.6 is 12.6 Å². The smallest absolute Gasteiger partial charge is 0.0710 e. The van der Waals surface area contributed by atoms with Gasteiger partial charge in [0, 0.05) is 4.91 Å². The summed E-state index contributed by atoms with van der Waals surface area (Å²) in [4.78, 5) is 0.907. The molecule has 0 saturated carbocycles. The Hall–Kier alpha value is -2.77. The Morgan fingerprint density at radius 3 is 1.85 bits per heavy atom. The minimum atomic E-state index is -0.361. The van der Waals surface area contributed by atoms with Gasteiger partial charge < -0.3 is 0 Å². The van der Waals surface area contributed by atoms with Crippen LogP contribution in [0.4, 0.5) is 0 Å². The maximum atomic E-state index is 4.79. The van der Waals surface area contributed by atoms with Crippen LogP contribution in [0.15, 0.2) is 114 Å². The maximum Gasteiger partial charge on any atom is 0.0710 e. The molecule has 3 aromatic rings. The van der Waals surface area contributed by atoms with Crippen molar-refractivity contribution < 1.29 is 0 Å². The van der Waals surface area contributed by atoms with Crippen molar-refractivity contribution in [2.45, 2.75) is 12.3 Å². The number of hydrogen-bond acceptors (Lipinski definition) is 1. The Morgan fingerprint density at radius 2 is 1.33 bits per heavy atom. The molecule has 0 fully saturated rings. The van der Waals surface area contributed by atoms with E-state index < -0.39 is 0 Å². The summed E-state index contributed by atoms with van der Waals surface area (Å²) in [6, 6.07) is 30.2. The maximum absolute atomic E-state index is 4.79. The third-order valence-corrected chi connectivity index (χ3v) is 5.83. The molecule has 0 radical (unpaired) electrons. The topological polar surface area (TPSA) is 0 Å². The lowest BCUT2D eigenvalue weighted by Crippen LogP contribution is -2.28. The second-order valence-electron chi connectivity index (χ2n) is 6.69. The molecule has 0 saturated heterocycles. The monoisotopic (exact) mass is 366 g/mol. The van der Waals surface area contributed by atoms with Gasteiger partial charge in [0.15, 0.2) is 0 Å². The van der Waals surface area contributed by atoms with Crippen molar-refractivity contribution in [2.24, 2.45) is 0 Å². The first-order valence-electron chi connectivity index (χ1n) is 9.19. The molecular weight excluding hydrogens is 344 g/mol. The van der Waals surface area contributed by atoms with Crippen molar-refractivity contribution in [1.82, 2.24) is 0 Å². The van der Waals surface area contributed by atoms with E-state index in [9.17, 15) is 0 Å². The molecule has 0 aromatic heterocycles. The second kappa shape index (κ2) is 7.09. The van der Waals surface area contributed by atoms with Gasteiger partial charge >= 0.3 is 0 Å². The number of thiol groups is 1. The largest absolute Gasteiger partial charge is 0.143 e. The van der Waals surface area contributed by atoms with E-state index in [1.807, 2.05) is 6.08 Å². The Balaban J connectivity index is 2.21. The molecule has 0 unspecified atom stereocenters. The first-order chi connectivity index (χ1) is 13.2. The van der Waals surface area contributed by atoms with Gasteiger partial charge in [-0.15, -0.1) is 12.6 Å². The van der Waals surface area contributed by atoms with E-state index in [0.29, 0.717) is 0 Å². The predicted molar refractivity (Wildman–Crippen MR) is 119 cm³/mol. The minimum absolute atomic E-state index is 0.361. The fraction of sp³-hybridized carbons (Fsp3) is 0.0769. The Bertz CT molecular complexity index is 1000. The van der Waals surface area contributed by atoms with Crippen molar-refractivity contribution in [3.63, 3.8) is 0 Å². The molecule has 0 atom stereocenters. The minimum Gasteiger partial charge on any atom is -0.143 e. The van der Waals surface area contributed by atoms with Gasteiger partial charge in [-0.2, -0.15) is 0 Å². The predicted octanol–water partition coefficient (Wildman–Crippen LogP) is 6.81.